The van der Waals surface area contributed by atoms with Crippen molar-refractivity contribution in [3.05, 3.63) is 5.92 Å². The lowest BCUT2D eigenvalue weighted by atomic mass is 10.3. The van der Waals surface area contributed by atoms with Gasteiger partial charge < -0.3 is 0 Å². The summed E-state index contributed by atoms with van der Waals surface area (Å²) in [5, 5.41) is 0. The average Bonchev–Trinajstić information content (AvgIpc) is 1.31. The third kappa shape index (κ3) is 3.45. The SMILES string of the molecule is C[C](C)C(Cl)(Cl)Cl. The minimum atomic E-state index is -1.17. The highest BCUT2D eigenvalue weighted by Crippen LogP contribution is 2.35. The molecule has 0 fully saturated rings. The first kappa shape index (κ1) is 7.87. The molecule has 0 N–H and O–H groups in total. The number of hydrogen-bond acceptors (Lipinski definition) is 0. The van der Waals surface area contributed by atoms with Gasteiger partial charge in [0.05, 0.1) is 0 Å². The van der Waals surface area contributed by atoms with Gasteiger partial charge in [-0.2, -0.15) is 0 Å². The van der Waals surface area contributed by atoms with Crippen LogP contribution < -0.4 is 0 Å². The molecule has 0 aliphatic heterocycles. The molecule has 0 saturated heterocycles. The lowest BCUT2D eigenvalue weighted by molar-refractivity contribution is 1.01. The van der Waals surface area contributed by atoms with Gasteiger partial charge in [0.15, 0.2) is 3.79 Å². The summed E-state index contributed by atoms with van der Waals surface area (Å²) in [7, 11) is 0. The highest BCUT2D eigenvalue weighted by molar-refractivity contribution is 6.69. The van der Waals surface area contributed by atoms with Crippen LogP contribution in [0.2, 0.25) is 0 Å². The van der Waals surface area contributed by atoms with E-state index in [0.717, 1.165) is 5.92 Å². The molecule has 0 spiro atoms. The molecule has 0 saturated carbocycles. The molecule has 0 unspecified atom stereocenters. The number of hydrogen-bond donors (Lipinski definition) is 0. The number of alkyl halides is 3. The third-order valence-electron chi connectivity index (χ3n) is 0.567. The lowest BCUT2D eigenvalue weighted by Crippen LogP contribution is -2.08. The van der Waals surface area contributed by atoms with E-state index >= 15 is 0 Å². The number of halogens is 3. The molecular formula is C4H6Cl3. The maximum Gasteiger partial charge on any atom is 0.196 e. The molecule has 0 atom stereocenters. The Bertz CT molecular complexity index is 52.4. The highest BCUT2D eigenvalue weighted by atomic mass is 35.6. The maximum atomic E-state index is 5.36. The second-order valence-electron chi connectivity index (χ2n) is 1.50. The minimum Gasteiger partial charge on any atom is -0.0831 e. The fourth-order valence-electron chi connectivity index (χ4n) is 0. The van der Waals surface area contributed by atoms with Gasteiger partial charge in [-0.15, -0.1) is 0 Å². The molecule has 0 amide bonds. The van der Waals surface area contributed by atoms with Gasteiger partial charge in [-0.25, -0.2) is 0 Å². The van der Waals surface area contributed by atoms with Gasteiger partial charge in [0, 0.05) is 5.92 Å². The molecule has 0 aliphatic rings. The second kappa shape index (κ2) is 2.43. The molecule has 0 aromatic rings. The zero-order valence-electron chi connectivity index (χ0n) is 4.13. The van der Waals surface area contributed by atoms with E-state index in [4.69, 9.17) is 34.8 Å². The summed E-state index contributed by atoms with van der Waals surface area (Å²) in [6.45, 7) is 3.54. The maximum absolute atomic E-state index is 5.36. The second-order valence-corrected chi connectivity index (χ2v) is 3.78. The first-order valence-corrected chi connectivity index (χ1v) is 2.95. The van der Waals surface area contributed by atoms with E-state index in [1.807, 2.05) is 0 Å². The summed E-state index contributed by atoms with van der Waals surface area (Å²) in [6.07, 6.45) is 0. The van der Waals surface area contributed by atoms with Gasteiger partial charge in [-0.05, 0) is 0 Å². The lowest BCUT2D eigenvalue weighted by Gasteiger charge is -2.12. The van der Waals surface area contributed by atoms with Crippen LogP contribution in [-0.4, -0.2) is 3.79 Å². The van der Waals surface area contributed by atoms with Gasteiger partial charge in [-0.1, -0.05) is 48.7 Å². The van der Waals surface area contributed by atoms with E-state index in [0.29, 0.717) is 0 Å². The van der Waals surface area contributed by atoms with Gasteiger partial charge in [0.25, 0.3) is 0 Å². The van der Waals surface area contributed by atoms with Crippen molar-refractivity contribution in [1.29, 1.82) is 0 Å². The fraction of sp³-hybridized carbons (Fsp3) is 0.750. The van der Waals surface area contributed by atoms with Crippen LogP contribution in [0, 0.1) is 5.92 Å². The van der Waals surface area contributed by atoms with E-state index in [1.165, 1.54) is 0 Å². The molecular weight excluding hydrogens is 154 g/mol. The molecule has 43 valence electrons. The smallest absolute Gasteiger partial charge is 0.0831 e. The van der Waals surface area contributed by atoms with Crippen molar-refractivity contribution in [3.63, 3.8) is 0 Å². The van der Waals surface area contributed by atoms with Crippen molar-refractivity contribution >= 4 is 34.8 Å². The van der Waals surface area contributed by atoms with Gasteiger partial charge in [0.1, 0.15) is 0 Å². The molecule has 7 heavy (non-hydrogen) atoms. The van der Waals surface area contributed by atoms with Crippen LogP contribution in [0.5, 0.6) is 0 Å². The summed E-state index contributed by atoms with van der Waals surface area (Å²) in [4.78, 5) is 0. The summed E-state index contributed by atoms with van der Waals surface area (Å²) in [6, 6.07) is 0. The zero-order chi connectivity index (χ0) is 6.08. The first-order valence-electron chi connectivity index (χ1n) is 1.82. The Morgan fingerprint density at radius 2 is 1.29 bits per heavy atom. The molecule has 0 nitrogen and oxygen atoms in total. The van der Waals surface area contributed by atoms with Crippen LogP contribution in [-0.2, 0) is 0 Å². The Morgan fingerprint density at radius 3 is 1.29 bits per heavy atom. The molecule has 0 heterocycles. The Labute approximate surface area is 58.7 Å². The van der Waals surface area contributed by atoms with Crippen LogP contribution in [0.25, 0.3) is 0 Å². The van der Waals surface area contributed by atoms with Crippen molar-refractivity contribution in [2.45, 2.75) is 17.6 Å². The van der Waals surface area contributed by atoms with Gasteiger partial charge >= 0.3 is 0 Å². The summed E-state index contributed by atoms with van der Waals surface area (Å²) in [5.74, 6) is 0.789. The van der Waals surface area contributed by atoms with E-state index in [1.54, 1.807) is 13.8 Å². The van der Waals surface area contributed by atoms with E-state index in [-0.39, 0.29) is 0 Å². The summed E-state index contributed by atoms with van der Waals surface area (Å²) < 4.78 is -1.17. The topological polar surface area (TPSA) is 0 Å². The van der Waals surface area contributed by atoms with E-state index in [2.05, 4.69) is 0 Å². The van der Waals surface area contributed by atoms with Crippen molar-refractivity contribution in [1.82, 2.24) is 0 Å². The average molecular weight is 160 g/mol. The standard InChI is InChI=1S/C4H6Cl3/c1-3(2)4(5,6)7/h1-2H3. The Hall–Kier alpha value is 0.870. The first-order chi connectivity index (χ1) is 2.94. The monoisotopic (exact) mass is 159 g/mol. The number of rotatable bonds is 0. The van der Waals surface area contributed by atoms with Crippen molar-refractivity contribution < 1.29 is 0 Å². The Balaban J connectivity index is 3.54. The molecule has 1 radical (unpaired) electrons. The minimum absolute atomic E-state index is 0.789. The largest absolute Gasteiger partial charge is 0.196 e. The Morgan fingerprint density at radius 1 is 1.14 bits per heavy atom. The quantitative estimate of drug-likeness (QED) is 0.478. The predicted octanol–water partition coefficient (Wildman–Crippen LogP) is 2.97. The molecule has 0 aliphatic carbocycles. The van der Waals surface area contributed by atoms with E-state index < -0.39 is 3.79 Å². The van der Waals surface area contributed by atoms with Crippen LogP contribution in [0.3, 0.4) is 0 Å². The van der Waals surface area contributed by atoms with Crippen LogP contribution in [0.4, 0.5) is 0 Å². The van der Waals surface area contributed by atoms with E-state index in [9.17, 15) is 0 Å². The molecule has 0 aromatic carbocycles. The fourth-order valence-corrected chi connectivity index (χ4v) is 0. The van der Waals surface area contributed by atoms with Crippen LogP contribution in [0.1, 0.15) is 13.8 Å². The van der Waals surface area contributed by atoms with Crippen molar-refractivity contribution in [2.24, 2.45) is 0 Å². The highest BCUT2D eigenvalue weighted by Gasteiger charge is 2.24. The predicted molar refractivity (Wildman–Crippen MR) is 34.9 cm³/mol. The van der Waals surface area contributed by atoms with Crippen LogP contribution >= 0.6 is 34.8 Å². The van der Waals surface area contributed by atoms with Crippen molar-refractivity contribution in [3.8, 4) is 0 Å². The molecule has 0 bridgehead atoms. The van der Waals surface area contributed by atoms with Crippen molar-refractivity contribution in [2.75, 3.05) is 0 Å². The Kier molecular flexibility index (Phi) is 2.73. The molecule has 0 rings (SSSR count). The van der Waals surface area contributed by atoms with Crippen LogP contribution in [0.15, 0.2) is 0 Å². The van der Waals surface area contributed by atoms with Gasteiger partial charge in [0.2, 0.25) is 0 Å². The zero-order valence-corrected chi connectivity index (χ0v) is 6.40. The third-order valence-corrected chi connectivity index (χ3v) is 1.70. The molecule has 0 aromatic heterocycles. The van der Waals surface area contributed by atoms with Gasteiger partial charge in [-0.3, -0.25) is 0 Å². The molecule has 3 heteroatoms. The summed E-state index contributed by atoms with van der Waals surface area (Å²) >= 11 is 16.1. The summed E-state index contributed by atoms with van der Waals surface area (Å²) in [5.41, 5.74) is 0. The normalized spacial score (nSPS) is 12.9.